The van der Waals surface area contributed by atoms with E-state index < -0.39 is 18.2 Å². The number of β-amino-alcohol motifs (C(OH)–C–C–N with tert-alkyl or cyclic N) is 1. The highest BCUT2D eigenvalue weighted by Crippen LogP contribution is 2.33. The lowest BCUT2D eigenvalue weighted by Gasteiger charge is -2.34. The van der Waals surface area contributed by atoms with E-state index in [9.17, 15) is 18.3 Å². The summed E-state index contributed by atoms with van der Waals surface area (Å²) in [5, 5.41) is 10.6. The highest BCUT2D eigenvalue weighted by Gasteiger charge is 2.41. The first-order valence-corrected chi connectivity index (χ1v) is 8.65. The van der Waals surface area contributed by atoms with E-state index in [-0.39, 0.29) is 32.7 Å². The number of aliphatic hydroxyl groups is 1. The van der Waals surface area contributed by atoms with Crippen molar-refractivity contribution in [3.05, 3.63) is 29.3 Å². The molecule has 1 N–H and O–H groups in total. The normalized spacial score (nSPS) is 20.4. The van der Waals surface area contributed by atoms with E-state index in [1.165, 1.54) is 0 Å². The molecule has 2 atom stereocenters. The van der Waals surface area contributed by atoms with Crippen LogP contribution in [0.3, 0.4) is 0 Å². The maximum absolute atomic E-state index is 12.8. The lowest BCUT2D eigenvalue weighted by Crippen LogP contribution is -2.45. The van der Waals surface area contributed by atoms with E-state index in [0.29, 0.717) is 30.3 Å². The molecule has 1 aliphatic rings. The summed E-state index contributed by atoms with van der Waals surface area (Å²) in [7, 11) is 0. The predicted molar refractivity (Wildman–Crippen MR) is 89.0 cm³/mol. The van der Waals surface area contributed by atoms with E-state index in [2.05, 4.69) is 0 Å². The lowest BCUT2D eigenvalue weighted by atomic mass is 9.97. The van der Waals surface area contributed by atoms with Crippen molar-refractivity contribution >= 4 is 11.6 Å². The Kier molecular flexibility index (Phi) is 7.81. The molecule has 1 heterocycles. The van der Waals surface area contributed by atoms with Gasteiger partial charge in [-0.15, -0.1) is 0 Å². The number of hydrogen-bond donors (Lipinski definition) is 1. The number of hydrogen-bond acceptors (Lipinski definition) is 4. The molecule has 8 heteroatoms. The molecule has 0 amide bonds. The zero-order chi connectivity index (χ0) is 18.3. The highest BCUT2D eigenvalue weighted by molar-refractivity contribution is 6.30. The van der Waals surface area contributed by atoms with Gasteiger partial charge in [-0.25, -0.2) is 0 Å². The van der Waals surface area contributed by atoms with Gasteiger partial charge in [0, 0.05) is 18.1 Å². The molecule has 0 unspecified atom stereocenters. The van der Waals surface area contributed by atoms with Crippen LogP contribution in [0.4, 0.5) is 13.2 Å². The molecule has 0 saturated carbocycles. The Labute approximate surface area is 150 Å². The van der Waals surface area contributed by atoms with Crippen molar-refractivity contribution in [2.75, 3.05) is 39.5 Å². The molecule has 1 aliphatic heterocycles. The van der Waals surface area contributed by atoms with Gasteiger partial charge in [-0.05, 0) is 43.7 Å². The Balaban J connectivity index is 1.59. The lowest BCUT2D eigenvalue weighted by molar-refractivity contribution is -0.187. The number of aliphatic hydroxyl groups excluding tert-OH is 1. The maximum atomic E-state index is 12.8. The van der Waals surface area contributed by atoms with E-state index in [1.807, 2.05) is 0 Å². The molecule has 0 aromatic heterocycles. The summed E-state index contributed by atoms with van der Waals surface area (Å²) in [6.45, 7) is 1.37. The van der Waals surface area contributed by atoms with Gasteiger partial charge >= 0.3 is 6.18 Å². The first kappa shape index (κ1) is 20.3. The quantitative estimate of drug-likeness (QED) is 0.701. The van der Waals surface area contributed by atoms with Crippen LogP contribution in [0.2, 0.25) is 5.02 Å². The monoisotopic (exact) mass is 381 g/mol. The number of nitrogens with zero attached hydrogens (tertiary/aromatic N) is 1. The third-order valence-corrected chi connectivity index (χ3v) is 4.31. The topological polar surface area (TPSA) is 41.9 Å². The van der Waals surface area contributed by atoms with Gasteiger partial charge in [0.1, 0.15) is 12.4 Å². The minimum absolute atomic E-state index is 0.0553. The fraction of sp³-hybridized carbons (Fsp3) is 0.647. The summed E-state index contributed by atoms with van der Waals surface area (Å²) in [5.41, 5.74) is 0. The minimum Gasteiger partial charge on any atom is -0.491 e. The molecular weight excluding hydrogens is 359 g/mol. The van der Waals surface area contributed by atoms with Gasteiger partial charge in [0.15, 0.2) is 0 Å². The molecule has 1 fully saturated rings. The van der Waals surface area contributed by atoms with Crippen molar-refractivity contribution in [2.45, 2.75) is 25.1 Å². The second kappa shape index (κ2) is 9.62. The van der Waals surface area contributed by atoms with Gasteiger partial charge in [0.05, 0.1) is 25.2 Å². The second-order valence-corrected chi connectivity index (χ2v) is 6.61. The van der Waals surface area contributed by atoms with Gasteiger partial charge in [-0.1, -0.05) is 11.6 Å². The summed E-state index contributed by atoms with van der Waals surface area (Å²) in [5.74, 6) is -0.637. The molecule has 2 rings (SSSR count). The van der Waals surface area contributed by atoms with Gasteiger partial charge in [-0.2, -0.15) is 13.2 Å². The Hall–Kier alpha value is -1.02. The molecule has 25 heavy (non-hydrogen) atoms. The van der Waals surface area contributed by atoms with Crippen LogP contribution in [-0.4, -0.2) is 61.7 Å². The number of ether oxygens (including phenoxy) is 2. The van der Waals surface area contributed by atoms with Gasteiger partial charge in [0.2, 0.25) is 0 Å². The molecule has 142 valence electrons. The van der Waals surface area contributed by atoms with Crippen LogP contribution < -0.4 is 4.74 Å². The zero-order valence-corrected chi connectivity index (χ0v) is 14.6. The predicted octanol–water partition coefficient (Wildman–Crippen LogP) is 3.37. The van der Waals surface area contributed by atoms with Crippen molar-refractivity contribution in [3.63, 3.8) is 0 Å². The molecule has 1 saturated heterocycles. The number of piperidine rings is 1. The Morgan fingerprint density at radius 1 is 1.24 bits per heavy atom. The fourth-order valence-electron chi connectivity index (χ4n) is 2.81. The third kappa shape index (κ3) is 7.40. The zero-order valence-electron chi connectivity index (χ0n) is 13.8. The van der Waals surface area contributed by atoms with Gasteiger partial charge in [0.25, 0.3) is 0 Å². The van der Waals surface area contributed by atoms with Crippen molar-refractivity contribution in [2.24, 2.45) is 5.92 Å². The van der Waals surface area contributed by atoms with E-state index in [0.717, 1.165) is 0 Å². The van der Waals surface area contributed by atoms with Crippen LogP contribution in [0, 0.1) is 5.92 Å². The minimum atomic E-state index is -4.17. The molecule has 1 aromatic rings. The fourth-order valence-corrected chi connectivity index (χ4v) is 2.93. The van der Waals surface area contributed by atoms with Crippen LogP contribution in [0.25, 0.3) is 0 Å². The Morgan fingerprint density at radius 3 is 2.64 bits per heavy atom. The van der Waals surface area contributed by atoms with Crippen molar-refractivity contribution in [1.82, 2.24) is 4.90 Å². The average Bonchev–Trinajstić information content (AvgIpc) is 2.56. The molecule has 0 bridgehead atoms. The largest absolute Gasteiger partial charge is 0.491 e. The van der Waals surface area contributed by atoms with E-state index >= 15 is 0 Å². The standard InChI is InChI=1S/C17H23ClF3NO3/c18-14-3-5-16(6-4-14)25-9-8-24-12-15(23)11-22-7-1-2-13(10-22)17(19,20)21/h3-6,13,15,23H,1-2,7-12H2/t13-,15+/m1/s1. The summed E-state index contributed by atoms with van der Waals surface area (Å²) in [6.07, 6.45) is -4.33. The van der Waals surface area contributed by atoms with E-state index in [4.69, 9.17) is 21.1 Å². The van der Waals surface area contributed by atoms with Gasteiger partial charge in [-0.3, -0.25) is 0 Å². The van der Waals surface area contributed by atoms with Crippen molar-refractivity contribution < 1.29 is 27.8 Å². The van der Waals surface area contributed by atoms with E-state index in [1.54, 1.807) is 29.2 Å². The number of halogens is 4. The summed E-state index contributed by atoms with van der Waals surface area (Å²) < 4.78 is 49.1. The molecule has 1 aromatic carbocycles. The summed E-state index contributed by atoms with van der Waals surface area (Å²) >= 11 is 5.77. The van der Waals surface area contributed by atoms with Crippen LogP contribution >= 0.6 is 11.6 Å². The van der Waals surface area contributed by atoms with Crippen molar-refractivity contribution in [3.8, 4) is 5.75 Å². The number of rotatable bonds is 8. The number of benzene rings is 1. The second-order valence-electron chi connectivity index (χ2n) is 6.17. The van der Waals surface area contributed by atoms with Crippen LogP contribution in [0.5, 0.6) is 5.75 Å². The van der Waals surface area contributed by atoms with Crippen molar-refractivity contribution in [1.29, 1.82) is 0 Å². The Morgan fingerprint density at radius 2 is 1.96 bits per heavy atom. The summed E-state index contributed by atoms with van der Waals surface area (Å²) in [6, 6.07) is 6.91. The Bertz CT molecular complexity index is 513. The number of alkyl halides is 3. The van der Waals surface area contributed by atoms with Crippen LogP contribution in [-0.2, 0) is 4.74 Å². The van der Waals surface area contributed by atoms with Crippen LogP contribution in [0.1, 0.15) is 12.8 Å². The van der Waals surface area contributed by atoms with Gasteiger partial charge < -0.3 is 19.5 Å². The first-order chi connectivity index (χ1) is 11.8. The first-order valence-electron chi connectivity index (χ1n) is 8.28. The average molecular weight is 382 g/mol. The SMILES string of the molecule is O[C@H](COCCOc1ccc(Cl)cc1)CN1CCC[C@@H](C(F)(F)F)C1. The molecule has 4 nitrogen and oxygen atoms in total. The summed E-state index contributed by atoms with van der Waals surface area (Å²) in [4.78, 5) is 1.65. The highest BCUT2D eigenvalue weighted by atomic mass is 35.5. The molecule has 0 aliphatic carbocycles. The van der Waals surface area contributed by atoms with Crippen LogP contribution in [0.15, 0.2) is 24.3 Å². The smallest absolute Gasteiger partial charge is 0.393 e. The molecule has 0 radical (unpaired) electrons. The third-order valence-electron chi connectivity index (χ3n) is 4.06. The number of likely N-dealkylation sites (tertiary alicyclic amines) is 1. The molecular formula is C17H23ClF3NO3. The maximum Gasteiger partial charge on any atom is 0.393 e. The molecule has 0 spiro atoms.